The SMILES string of the molecule is O=C(NCc1cnc[nH]1)c1ccon1. The van der Waals surface area contributed by atoms with Crippen LogP contribution in [0.25, 0.3) is 0 Å². The Kier molecular flexibility index (Phi) is 2.26. The lowest BCUT2D eigenvalue weighted by atomic mass is 10.4. The summed E-state index contributed by atoms with van der Waals surface area (Å²) in [6.07, 6.45) is 4.55. The molecule has 0 bridgehead atoms. The van der Waals surface area contributed by atoms with E-state index in [2.05, 4.69) is 25.0 Å². The number of hydrogen-bond donors (Lipinski definition) is 2. The second kappa shape index (κ2) is 3.73. The van der Waals surface area contributed by atoms with Crippen LogP contribution in [0.1, 0.15) is 16.2 Å². The first kappa shape index (κ1) is 8.49. The van der Waals surface area contributed by atoms with E-state index in [-0.39, 0.29) is 11.6 Å². The molecule has 0 spiro atoms. The fourth-order valence-electron chi connectivity index (χ4n) is 0.977. The van der Waals surface area contributed by atoms with Crippen molar-refractivity contribution in [2.45, 2.75) is 6.54 Å². The van der Waals surface area contributed by atoms with Crippen molar-refractivity contribution in [1.82, 2.24) is 20.4 Å². The zero-order chi connectivity index (χ0) is 9.80. The van der Waals surface area contributed by atoms with Gasteiger partial charge in [0.1, 0.15) is 6.26 Å². The summed E-state index contributed by atoms with van der Waals surface area (Å²) in [6.45, 7) is 0.395. The average Bonchev–Trinajstić information content (AvgIpc) is 2.87. The Morgan fingerprint density at radius 3 is 3.21 bits per heavy atom. The first-order chi connectivity index (χ1) is 6.86. The van der Waals surface area contributed by atoms with E-state index >= 15 is 0 Å². The van der Waals surface area contributed by atoms with Gasteiger partial charge in [0.25, 0.3) is 5.91 Å². The number of H-pyrrole nitrogens is 1. The molecule has 0 saturated carbocycles. The lowest BCUT2D eigenvalue weighted by Gasteiger charge is -1.98. The summed E-state index contributed by atoms with van der Waals surface area (Å²) >= 11 is 0. The van der Waals surface area contributed by atoms with Gasteiger partial charge in [-0.15, -0.1) is 0 Å². The first-order valence-electron chi connectivity index (χ1n) is 4.02. The van der Waals surface area contributed by atoms with E-state index in [1.165, 1.54) is 12.3 Å². The van der Waals surface area contributed by atoms with Gasteiger partial charge < -0.3 is 14.8 Å². The molecule has 0 aromatic carbocycles. The topological polar surface area (TPSA) is 83.8 Å². The molecule has 2 N–H and O–H groups in total. The standard InChI is InChI=1S/C8H8N4O2/c13-8(7-1-2-14-12-7)10-4-6-3-9-5-11-6/h1-3,5H,4H2,(H,9,11)(H,10,13). The van der Waals surface area contributed by atoms with Crippen LogP contribution in [0.4, 0.5) is 0 Å². The lowest BCUT2D eigenvalue weighted by Crippen LogP contribution is -2.23. The van der Waals surface area contributed by atoms with Crippen LogP contribution in [0.15, 0.2) is 29.4 Å². The Morgan fingerprint density at radius 1 is 1.64 bits per heavy atom. The maximum atomic E-state index is 11.3. The number of imidazole rings is 1. The van der Waals surface area contributed by atoms with Crippen molar-refractivity contribution in [3.8, 4) is 0 Å². The van der Waals surface area contributed by atoms with E-state index in [9.17, 15) is 4.79 Å². The summed E-state index contributed by atoms with van der Waals surface area (Å²) in [5, 5.41) is 6.16. The molecule has 0 radical (unpaired) electrons. The summed E-state index contributed by atoms with van der Waals surface area (Å²) in [6, 6.07) is 1.50. The number of amides is 1. The zero-order valence-electron chi connectivity index (χ0n) is 7.23. The van der Waals surface area contributed by atoms with E-state index in [1.54, 1.807) is 12.5 Å². The largest absolute Gasteiger partial charge is 0.364 e. The Labute approximate surface area is 79.3 Å². The maximum Gasteiger partial charge on any atom is 0.273 e. The highest BCUT2D eigenvalue weighted by atomic mass is 16.5. The summed E-state index contributed by atoms with van der Waals surface area (Å²) in [5.41, 5.74) is 1.10. The number of nitrogens with zero attached hydrogens (tertiary/aromatic N) is 2. The van der Waals surface area contributed by atoms with Gasteiger partial charge in [0.2, 0.25) is 0 Å². The summed E-state index contributed by atoms with van der Waals surface area (Å²) in [5.74, 6) is -0.270. The molecule has 0 unspecified atom stereocenters. The summed E-state index contributed by atoms with van der Waals surface area (Å²) in [7, 11) is 0. The smallest absolute Gasteiger partial charge is 0.273 e. The van der Waals surface area contributed by atoms with Crippen molar-refractivity contribution in [2.75, 3.05) is 0 Å². The average molecular weight is 192 g/mol. The van der Waals surface area contributed by atoms with Crippen LogP contribution in [0.3, 0.4) is 0 Å². The third kappa shape index (κ3) is 1.79. The highest BCUT2D eigenvalue weighted by Gasteiger charge is 2.07. The summed E-state index contributed by atoms with van der Waals surface area (Å²) in [4.78, 5) is 18.0. The summed E-state index contributed by atoms with van der Waals surface area (Å²) < 4.78 is 4.54. The van der Waals surface area contributed by atoms with Gasteiger partial charge in [0.05, 0.1) is 18.6 Å². The van der Waals surface area contributed by atoms with Crippen LogP contribution in [-0.2, 0) is 6.54 Å². The molecule has 0 saturated heterocycles. The normalized spacial score (nSPS) is 10.0. The predicted octanol–water partition coefficient (Wildman–Crippen LogP) is 0.328. The predicted molar refractivity (Wildman–Crippen MR) is 46.3 cm³/mol. The molecule has 1 amide bonds. The van der Waals surface area contributed by atoms with Crippen LogP contribution >= 0.6 is 0 Å². The molecule has 0 aliphatic carbocycles. The van der Waals surface area contributed by atoms with Crippen LogP contribution in [0.5, 0.6) is 0 Å². The van der Waals surface area contributed by atoms with Gasteiger partial charge in [-0.3, -0.25) is 4.79 Å². The molecule has 0 fully saturated rings. The van der Waals surface area contributed by atoms with Gasteiger partial charge in [0, 0.05) is 12.3 Å². The molecular formula is C8H8N4O2. The van der Waals surface area contributed by atoms with Crippen molar-refractivity contribution in [3.63, 3.8) is 0 Å². The molecule has 2 rings (SSSR count). The van der Waals surface area contributed by atoms with E-state index in [1.807, 2.05) is 0 Å². The van der Waals surface area contributed by atoms with Crippen LogP contribution < -0.4 is 5.32 Å². The Morgan fingerprint density at radius 2 is 2.57 bits per heavy atom. The van der Waals surface area contributed by atoms with Gasteiger partial charge in [-0.1, -0.05) is 5.16 Å². The molecule has 2 aromatic rings. The fraction of sp³-hybridized carbons (Fsp3) is 0.125. The van der Waals surface area contributed by atoms with Gasteiger partial charge in [-0.25, -0.2) is 4.98 Å². The number of nitrogens with one attached hydrogen (secondary N) is 2. The second-order valence-corrected chi connectivity index (χ2v) is 2.64. The molecule has 14 heavy (non-hydrogen) atoms. The molecule has 6 nitrogen and oxygen atoms in total. The molecule has 72 valence electrons. The number of hydrogen-bond acceptors (Lipinski definition) is 4. The van der Waals surface area contributed by atoms with E-state index < -0.39 is 0 Å². The van der Waals surface area contributed by atoms with E-state index in [4.69, 9.17) is 0 Å². The molecule has 0 aliphatic rings. The minimum atomic E-state index is -0.270. The highest BCUT2D eigenvalue weighted by molar-refractivity contribution is 5.91. The van der Waals surface area contributed by atoms with Crippen LogP contribution in [-0.4, -0.2) is 21.0 Å². The van der Waals surface area contributed by atoms with Crippen molar-refractivity contribution in [2.24, 2.45) is 0 Å². The molecular weight excluding hydrogens is 184 g/mol. The monoisotopic (exact) mass is 192 g/mol. The van der Waals surface area contributed by atoms with Crippen molar-refractivity contribution in [1.29, 1.82) is 0 Å². The third-order valence-corrected chi connectivity index (χ3v) is 1.66. The van der Waals surface area contributed by atoms with Crippen LogP contribution in [0, 0.1) is 0 Å². The van der Waals surface area contributed by atoms with Crippen molar-refractivity contribution in [3.05, 3.63) is 36.2 Å². The zero-order valence-corrected chi connectivity index (χ0v) is 7.23. The molecule has 0 aliphatic heterocycles. The number of rotatable bonds is 3. The van der Waals surface area contributed by atoms with Gasteiger partial charge in [-0.2, -0.15) is 0 Å². The Hall–Kier alpha value is -2.11. The minimum Gasteiger partial charge on any atom is -0.364 e. The molecule has 2 heterocycles. The van der Waals surface area contributed by atoms with E-state index in [0.29, 0.717) is 6.54 Å². The fourth-order valence-corrected chi connectivity index (χ4v) is 0.977. The number of carbonyl (C=O) groups is 1. The lowest BCUT2D eigenvalue weighted by molar-refractivity contribution is 0.0941. The van der Waals surface area contributed by atoms with Crippen molar-refractivity contribution < 1.29 is 9.32 Å². The Bertz CT molecular complexity index is 393. The molecule has 6 heteroatoms. The minimum absolute atomic E-state index is 0.268. The quantitative estimate of drug-likeness (QED) is 0.733. The maximum absolute atomic E-state index is 11.3. The Balaban J connectivity index is 1.90. The highest BCUT2D eigenvalue weighted by Crippen LogP contribution is 1.95. The van der Waals surface area contributed by atoms with Gasteiger partial charge in [-0.05, 0) is 0 Å². The first-order valence-corrected chi connectivity index (χ1v) is 4.02. The number of aromatic nitrogens is 3. The molecule has 0 atom stereocenters. The van der Waals surface area contributed by atoms with Crippen molar-refractivity contribution >= 4 is 5.91 Å². The third-order valence-electron chi connectivity index (χ3n) is 1.66. The molecule has 2 aromatic heterocycles. The van der Waals surface area contributed by atoms with Gasteiger partial charge >= 0.3 is 0 Å². The van der Waals surface area contributed by atoms with Crippen LogP contribution in [0.2, 0.25) is 0 Å². The number of aromatic amines is 1. The van der Waals surface area contributed by atoms with E-state index in [0.717, 1.165) is 5.69 Å². The van der Waals surface area contributed by atoms with Gasteiger partial charge in [0.15, 0.2) is 5.69 Å². The number of carbonyl (C=O) groups excluding carboxylic acids is 1. The second-order valence-electron chi connectivity index (χ2n) is 2.64.